The monoisotopic (exact) mass is 527 g/mol. The summed E-state index contributed by atoms with van der Waals surface area (Å²) in [7, 11) is 0.0425. The topological polar surface area (TPSA) is 188 Å². The van der Waals surface area contributed by atoms with Crippen LogP contribution < -0.4 is 23.8 Å². The Kier molecular flexibility index (Phi) is 7.55. The zero-order valence-electron chi connectivity index (χ0n) is 18.6. The fraction of sp³-hybridized carbons (Fsp3) is 0.222. The molecule has 0 saturated carbocycles. The third-order valence-corrected chi connectivity index (χ3v) is 6.15. The molecule has 0 aliphatic rings. The number of nitrogens with zero attached hydrogens (tertiary/aromatic N) is 5. The molecule has 3 heterocycles. The lowest BCUT2D eigenvalue weighted by molar-refractivity contribution is 0.0596. The van der Waals surface area contributed by atoms with Crippen molar-refractivity contribution in [1.29, 1.82) is 0 Å². The normalized spacial score (nSPS) is 10.9. The Morgan fingerprint density at radius 2 is 1.63 bits per heavy atom. The highest BCUT2D eigenvalue weighted by Crippen LogP contribution is 2.32. The maximum absolute atomic E-state index is 13.6. The number of anilines is 2. The molecule has 0 radical (unpaired) electrons. The lowest BCUT2D eigenvalue weighted by atomic mass is 10.4. The van der Waals surface area contributed by atoms with Gasteiger partial charge in [-0.3, -0.25) is 10.4 Å². The molecule has 35 heavy (non-hydrogen) atoms. The average molecular weight is 528 g/mol. The van der Waals surface area contributed by atoms with Crippen LogP contribution >= 0.6 is 11.6 Å². The number of H-pyrrole nitrogens is 1. The van der Waals surface area contributed by atoms with Crippen LogP contribution in [0.1, 0.15) is 10.4 Å². The summed E-state index contributed by atoms with van der Waals surface area (Å²) < 4.78 is 47.1. The largest absolute Gasteiger partial charge is 0.481 e. The summed E-state index contributed by atoms with van der Waals surface area (Å²) in [6.45, 7) is 0. The van der Waals surface area contributed by atoms with Crippen LogP contribution in [0, 0.1) is 0 Å². The van der Waals surface area contributed by atoms with Crippen LogP contribution in [0.25, 0.3) is 0 Å². The second-order valence-electron chi connectivity index (χ2n) is 6.24. The first-order chi connectivity index (χ1) is 16.7. The highest BCUT2D eigenvalue weighted by molar-refractivity contribution is 7.93. The quantitative estimate of drug-likeness (QED) is 0.402. The van der Waals surface area contributed by atoms with Crippen LogP contribution in [0.15, 0.2) is 29.4 Å². The Labute approximate surface area is 203 Å². The molecule has 0 spiro atoms. The van der Waals surface area contributed by atoms with E-state index in [9.17, 15) is 18.0 Å². The number of esters is 1. The van der Waals surface area contributed by atoms with Crippen molar-refractivity contribution >= 4 is 45.4 Å². The predicted molar refractivity (Wildman–Crippen MR) is 120 cm³/mol. The zero-order chi connectivity index (χ0) is 25.8. The van der Waals surface area contributed by atoms with Gasteiger partial charge in [0.05, 0.1) is 45.7 Å². The van der Waals surface area contributed by atoms with Gasteiger partial charge >= 0.3 is 12.0 Å². The summed E-state index contributed by atoms with van der Waals surface area (Å²) in [5, 5.41) is 6.98. The van der Waals surface area contributed by atoms with E-state index < -0.39 is 38.4 Å². The second kappa shape index (κ2) is 10.4. The smallest absolute Gasteiger partial charge is 0.344 e. The Balaban J connectivity index is 2.18. The van der Waals surface area contributed by atoms with E-state index in [0.29, 0.717) is 0 Å². The van der Waals surface area contributed by atoms with E-state index in [1.165, 1.54) is 39.5 Å². The first-order valence-electron chi connectivity index (χ1n) is 9.31. The molecule has 2 N–H and O–H groups in total. The molecule has 3 aromatic rings. The van der Waals surface area contributed by atoms with Crippen molar-refractivity contribution < 1.29 is 37.0 Å². The summed E-state index contributed by atoms with van der Waals surface area (Å²) in [6, 6.07) is 2.62. The number of ether oxygens (including phenoxy) is 4. The van der Waals surface area contributed by atoms with E-state index in [4.69, 9.17) is 25.8 Å². The SMILES string of the molecule is COC(=O)c1cn[nH]c1S(=O)(=O)N(C(=O)Nc1nc(OC)cc(OC)n1)c1nc(OC)ccc1Cl. The molecular weight excluding hydrogens is 510 g/mol. The fourth-order valence-corrected chi connectivity index (χ4v) is 4.26. The number of carbonyl (C=O) groups is 2. The number of hydrogen-bond acceptors (Lipinski definition) is 12. The average Bonchev–Trinajstić information content (AvgIpc) is 3.35. The fourth-order valence-electron chi connectivity index (χ4n) is 2.62. The van der Waals surface area contributed by atoms with E-state index in [1.54, 1.807) is 0 Å². The Morgan fingerprint density at radius 3 is 2.20 bits per heavy atom. The number of aromatic amines is 1. The van der Waals surface area contributed by atoms with Gasteiger partial charge in [0.2, 0.25) is 23.6 Å². The van der Waals surface area contributed by atoms with Crippen molar-refractivity contribution in [3.63, 3.8) is 0 Å². The Morgan fingerprint density at radius 1 is 1.00 bits per heavy atom. The van der Waals surface area contributed by atoms with Crippen LogP contribution in [0.2, 0.25) is 5.02 Å². The number of amides is 2. The molecule has 15 nitrogen and oxygen atoms in total. The molecule has 0 aromatic carbocycles. The van der Waals surface area contributed by atoms with Crippen LogP contribution in [0.5, 0.6) is 17.6 Å². The van der Waals surface area contributed by atoms with Gasteiger partial charge in [0.25, 0.3) is 10.0 Å². The lowest BCUT2D eigenvalue weighted by Crippen LogP contribution is -2.42. The van der Waals surface area contributed by atoms with Gasteiger partial charge in [-0.15, -0.1) is 0 Å². The summed E-state index contributed by atoms with van der Waals surface area (Å²) in [5.41, 5.74) is -0.469. The van der Waals surface area contributed by atoms with Crippen molar-refractivity contribution in [2.75, 3.05) is 38.1 Å². The van der Waals surface area contributed by atoms with E-state index in [2.05, 4.69) is 35.2 Å². The number of urea groups is 1. The number of nitrogens with one attached hydrogen (secondary N) is 2. The van der Waals surface area contributed by atoms with Gasteiger partial charge in [-0.1, -0.05) is 11.6 Å². The van der Waals surface area contributed by atoms with Crippen molar-refractivity contribution in [1.82, 2.24) is 25.1 Å². The van der Waals surface area contributed by atoms with Gasteiger partial charge in [-0.2, -0.15) is 32.8 Å². The molecule has 186 valence electrons. The lowest BCUT2D eigenvalue weighted by Gasteiger charge is -2.22. The van der Waals surface area contributed by atoms with Gasteiger partial charge in [0.15, 0.2) is 10.8 Å². The molecule has 0 atom stereocenters. The third kappa shape index (κ3) is 5.17. The first-order valence-corrected chi connectivity index (χ1v) is 11.1. The first kappa shape index (κ1) is 25.4. The highest BCUT2D eigenvalue weighted by atomic mass is 35.5. The van der Waals surface area contributed by atoms with Crippen LogP contribution in [0.3, 0.4) is 0 Å². The number of carbonyl (C=O) groups excluding carboxylic acids is 2. The van der Waals surface area contributed by atoms with Gasteiger partial charge in [-0.25, -0.2) is 9.59 Å². The van der Waals surface area contributed by atoms with Crippen LogP contribution in [-0.4, -0.2) is 74.0 Å². The third-order valence-electron chi connectivity index (χ3n) is 4.21. The summed E-state index contributed by atoms with van der Waals surface area (Å²) >= 11 is 6.19. The minimum Gasteiger partial charge on any atom is -0.481 e. The Hall–Kier alpha value is -4.18. The molecular formula is C18H18ClN7O8S. The number of pyridine rings is 1. The number of rotatable bonds is 8. The molecule has 3 aromatic heterocycles. The van der Waals surface area contributed by atoms with Crippen molar-refractivity contribution in [3.05, 3.63) is 35.0 Å². The second-order valence-corrected chi connectivity index (χ2v) is 8.37. The van der Waals surface area contributed by atoms with Crippen LogP contribution in [-0.2, 0) is 14.8 Å². The van der Waals surface area contributed by atoms with E-state index >= 15 is 0 Å². The Bertz CT molecular complexity index is 1340. The summed E-state index contributed by atoms with van der Waals surface area (Å²) in [5.74, 6) is -1.98. The number of hydrogen-bond donors (Lipinski definition) is 2. The summed E-state index contributed by atoms with van der Waals surface area (Å²) in [4.78, 5) is 37.3. The molecule has 3 rings (SSSR count). The van der Waals surface area contributed by atoms with E-state index in [1.807, 2.05) is 0 Å². The van der Waals surface area contributed by atoms with Gasteiger partial charge in [0, 0.05) is 6.07 Å². The molecule has 0 unspecified atom stereocenters. The molecule has 0 aliphatic carbocycles. The molecule has 17 heteroatoms. The minimum absolute atomic E-state index is 0.0145. The number of halogens is 1. The number of sulfonamides is 1. The molecule has 0 saturated heterocycles. The van der Waals surface area contributed by atoms with Gasteiger partial charge < -0.3 is 18.9 Å². The van der Waals surface area contributed by atoms with Gasteiger partial charge in [-0.05, 0) is 6.07 Å². The maximum Gasteiger partial charge on any atom is 0.344 e. The summed E-state index contributed by atoms with van der Waals surface area (Å²) in [6.07, 6.45) is 0.922. The predicted octanol–water partition coefficient (Wildman–Crippen LogP) is 1.49. The van der Waals surface area contributed by atoms with Gasteiger partial charge in [0.1, 0.15) is 5.56 Å². The van der Waals surface area contributed by atoms with E-state index in [0.717, 1.165) is 13.3 Å². The molecule has 0 fully saturated rings. The molecule has 0 bridgehead atoms. The van der Waals surface area contributed by atoms with Crippen molar-refractivity contribution in [2.24, 2.45) is 0 Å². The van der Waals surface area contributed by atoms with E-state index in [-0.39, 0.29) is 32.9 Å². The molecule has 2 amide bonds. The number of aromatic nitrogens is 5. The highest BCUT2D eigenvalue weighted by Gasteiger charge is 2.39. The molecule has 0 aliphatic heterocycles. The van der Waals surface area contributed by atoms with Crippen molar-refractivity contribution in [2.45, 2.75) is 5.03 Å². The zero-order valence-corrected chi connectivity index (χ0v) is 20.2. The number of methoxy groups -OCH3 is 4. The minimum atomic E-state index is -4.91. The van der Waals surface area contributed by atoms with Crippen molar-refractivity contribution in [3.8, 4) is 17.6 Å². The van der Waals surface area contributed by atoms with Crippen LogP contribution in [0.4, 0.5) is 16.6 Å². The standard InChI is InChI=1S/C18H18ClN7O8S/c1-31-11-6-5-10(19)14(21-11)26(35(29,30)15-9(8-20-25-15)16(27)34-4)18(28)24-17-22-12(32-2)7-13(23-17)33-3/h5-8H,1-4H3,(H,20,25)(H,22,23,24,28). The maximum atomic E-state index is 13.6.